The van der Waals surface area contributed by atoms with Crippen LogP contribution >= 0.6 is 0 Å². The molecule has 0 aliphatic rings. The zero-order valence-corrected chi connectivity index (χ0v) is 14.4. The molecule has 25 heavy (non-hydrogen) atoms. The maximum absolute atomic E-state index is 5.39. The molecule has 0 saturated carbocycles. The average Bonchev–Trinajstić information content (AvgIpc) is 3.00. The maximum Gasteiger partial charge on any atom is 0.141 e. The molecule has 0 radical (unpaired) electrons. The Kier molecular flexibility index (Phi) is 3.98. The lowest BCUT2D eigenvalue weighted by Crippen LogP contribution is -2.02. The fourth-order valence-corrected chi connectivity index (χ4v) is 3.21. The highest BCUT2D eigenvalue weighted by Gasteiger charge is 2.13. The lowest BCUT2D eigenvalue weighted by Gasteiger charge is -2.11. The third kappa shape index (κ3) is 3.01. The van der Waals surface area contributed by atoms with Crippen LogP contribution in [0.5, 0.6) is 5.75 Å². The molecule has 4 rings (SSSR count). The molecule has 3 heteroatoms. The summed E-state index contributed by atoms with van der Waals surface area (Å²) < 4.78 is 7.66. The number of hydrogen-bond donors (Lipinski definition) is 0. The van der Waals surface area contributed by atoms with E-state index in [1.165, 1.54) is 11.1 Å². The molecular formula is C22H20N2O. The Labute approximate surface area is 147 Å². The highest BCUT2D eigenvalue weighted by atomic mass is 16.5. The second-order valence-electron chi connectivity index (χ2n) is 6.23. The van der Waals surface area contributed by atoms with E-state index in [4.69, 9.17) is 9.72 Å². The highest BCUT2D eigenvalue weighted by molar-refractivity contribution is 5.81. The number of para-hydroxylation sites is 2. The van der Waals surface area contributed by atoms with E-state index in [0.717, 1.165) is 34.7 Å². The van der Waals surface area contributed by atoms with Gasteiger partial charge in [-0.2, -0.15) is 0 Å². The van der Waals surface area contributed by atoms with Crippen LogP contribution in [0.1, 0.15) is 11.1 Å². The minimum atomic E-state index is 0.786. The Bertz CT molecular complexity index is 1030. The van der Waals surface area contributed by atoms with Crippen molar-refractivity contribution in [3.05, 3.63) is 83.9 Å². The van der Waals surface area contributed by atoms with Crippen LogP contribution < -0.4 is 4.74 Å². The normalized spacial score (nSPS) is 11.0. The van der Waals surface area contributed by atoms with Gasteiger partial charge in [0.05, 0.1) is 18.1 Å². The van der Waals surface area contributed by atoms with Gasteiger partial charge in [0.15, 0.2) is 0 Å². The smallest absolute Gasteiger partial charge is 0.141 e. The number of aromatic nitrogens is 2. The number of nitrogens with zero attached hydrogens (tertiary/aromatic N) is 2. The first-order valence-electron chi connectivity index (χ1n) is 8.40. The molecule has 0 aliphatic carbocycles. The van der Waals surface area contributed by atoms with Crippen molar-refractivity contribution in [1.29, 1.82) is 0 Å². The number of rotatable bonds is 4. The third-order valence-corrected chi connectivity index (χ3v) is 4.41. The van der Waals surface area contributed by atoms with Gasteiger partial charge in [0, 0.05) is 12.1 Å². The van der Waals surface area contributed by atoms with Crippen LogP contribution in [0.25, 0.3) is 22.4 Å². The molecule has 0 bridgehead atoms. The Hall–Kier alpha value is -3.07. The Morgan fingerprint density at radius 2 is 1.76 bits per heavy atom. The van der Waals surface area contributed by atoms with E-state index in [-0.39, 0.29) is 0 Å². The van der Waals surface area contributed by atoms with E-state index < -0.39 is 0 Å². The van der Waals surface area contributed by atoms with Crippen molar-refractivity contribution in [3.63, 3.8) is 0 Å². The number of benzene rings is 3. The van der Waals surface area contributed by atoms with E-state index >= 15 is 0 Å². The van der Waals surface area contributed by atoms with Crippen LogP contribution in [0, 0.1) is 6.92 Å². The molecule has 0 unspecified atom stereocenters. The topological polar surface area (TPSA) is 27.1 Å². The lowest BCUT2D eigenvalue weighted by molar-refractivity contribution is 0.415. The van der Waals surface area contributed by atoms with Gasteiger partial charge >= 0.3 is 0 Å². The molecule has 0 spiro atoms. The minimum absolute atomic E-state index is 0.786. The second-order valence-corrected chi connectivity index (χ2v) is 6.23. The molecule has 4 aromatic rings. The zero-order valence-electron chi connectivity index (χ0n) is 14.4. The molecule has 0 fully saturated rings. The predicted octanol–water partition coefficient (Wildman–Crippen LogP) is 5.07. The number of aryl methyl sites for hydroxylation is 1. The summed E-state index contributed by atoms with van der Waals surface area (Å²) in [6.45, 7) is 2.91. The first kappa shape index (κ1) is 15.5. The van der Waals surface area contributed by atoms with Crippen molar-refractivity contribution in [2.45, 2.75) is 13.5 Å². The second kappa shape index (κ2) is 6.44. The molecule has 3 aromatic carbocycles. The van der Waals surface area contributed by atoms with Crippen molar-refractivity contribution in [1.82, 2.24) is 9.55 Å². The molecule has 1 heterocycles. The Morgan fingerprint density at radius 1 is 0.920 bits per heavy atom. The SMILES string of the molecule is COc1cccc(-c2nc3ccccc3n2Cc2cccc(C)c2)c1. The van der Waals surface area contributed by atoms with Crippen LogP contribution in [0.3, 0.4) is 0 Å². The molecule has 0 N–H and O–H groups in total. The molecule has 0 atom stereocenters. The van der Waals surface area contributed by atoms with E-state index in [1.807, 2.05) is 24.3 Å². The highest BCUT2D eigenvalue weighted by Crippen LogP contribution is 2.28. The number of fused-ring (bicyclic) bond motifs is 1. The van der Waals surface area contributed by atoms with Gasteiger partial charge in [0.1, 0.15) is 11.6 Å². The summed E-state index contributed by atoms with van der Waals surface area (Å²) in [5, 5.41) is 0. The number of hydrogen-bond acceptors (Lipinski definition) is 2. The summed E-state index contributed by atoms with van der Waals surface area (Å²) in [4.78, 5) is 4.88. The van der Waals surface area contributed by atoms with E-state index in [9.17, 15) is 0 Å². The first-order valence-corrected chi connectivity index (χ1v) is 8.40. The Balaban J connectivity index is 1.88. The Morgan fingerprint density at radius 3 is 2.60 bits per heavy atom. The van der Waals surface area contributed by atoms with Gasteiger partial charge in [-0.1, -0.05) is 54.1 Å². The van der Waals surface area contributed by atoms with Crippen molar-refractivity contribution in [2.75, 3.05) is 7.11 Å². The van der Waals surface area contributed by atoms with Crippen LogP contribution in [-0.4, -0.2) is 16.7 Å². The van der Waals surface area contributed by atoms with Crippen molar-refractivity contribution in [2.24, 2.45) is 0 Å². The van der Waals surface area contributed by atoms with Crippen LogP contribution in [0.15, 0.2) is 72.8 Å². The van der Waals surface area contributed by atoms with Gasteiger partial charge in [0.2, 0.25) is 0 Å². The molecule has 0 amide bonds. The quantitative estimate of drug-likeness (QED) is 0.523. The molecule has 1 aromatic heterocycles. The molecule has 0 saturated heterocycles. The van der Waals surface area contributed by atoms with E-state index in [2.05, 4.69) is 60.0 Å². The first-order chi connectivity index (χ1) is 12.2. The van der Waals surface area contributed by atoms with Gasteiger partial charge in [-0.15, -0.1) is 0 Å². The molecule has 3 nitrogen and oxygen atoms in total. The van der Waals surface area contributed by atoms with Crippen LogP contribution in [0.4, 0.5) is 0 Å². The third-order valence-electron chi connectivity index (χ3n) is 4.41. The molecular weight excluding hydrogens is 308 g/mol. The number of methoxy groups -OCH3 is 1. The van der Waals surface area contributed by atoms with Crippen molar-refractivity contribution >= 4 is 11.0 Å². The van der Waals surface area contributed by atoms with Crippen LogP contribution in [0.2, 0.25) is 0 Å². The van der Waals surface area contributed by atoms with Crippen molar-refractivity contribution in [3.8, 4) is 17.1 Å². The number of imidazole rings is 1. The van der Waals surface area contributed by atoms with Crippen molar-refractivity contribution < 1.29 is 4.74 Å². The summed E-state index contributed by atoms with van der Waals surface area (Å²) >= 11 is 0. The summed E-state index contributed by atoms with van der Waals surface area (Å²) in [5.41, 5.74) is 5.75. The summed E-state index contributed by atoms with van der Waals surface area (Å²) in [5.74, 6) is 1.80. The summed E-state index contributed by atoms with van der Waals surface area (Å²) in [7, 11) is 1.69. The summed E-state index contributed by atoms with van der Waals surface area (Å²) in [6.07, 6.45) is 0. The fraction of sp³-hybridized carbons (Fsp3) is 0.136. The van der Waals surface area contributed by atoms with Gasteiger partial charge in [-0.05, 0) is 36.8 Å². The fourth-order valence-electron chi connectivity index (χ4n) is 3.21. The van der Waals surface area contributed by atoms with Gasteiger partial charge in [-0.25, -0.2) is 4.98 Å². The van der Waals surface area contributed by atoms with Gasteiger partial charge < -0.3 is 9.30 Å². The van der Waals surface area contributed by atoms with E-state index in [1.54, 1.807) is 7.11 Å². The molecule has 124 valence electrons. The van der Waals surface area contributed by atoms with Crippen LogP contribution in [-0.2, 0) is 6.54 Å². The maximum atomic E-state index is 5.39. The lowest BCUT2D eigenvalue weighted by atomic mass is 10.1. The monoisotopic (exact) mass is 328 g/mol. The molecule has 0 aliphatic heterocycles. The number of ether oxygens (including phenoxy) is 1. The predicted molar refractivity (Wildman–Crippen MR) is 102 cm³/mol. The van der Waals surface area contributed by atoms with Gasteiger partial charge in [-0.3, -0.25) is 0 Å². The zero-order chi connectivity index (χ0) is 17.2. The van der Waals surface area contributed by atoms with E-state index in [0.29, 0.717) is 0 Å². The average molecular weight is 328 g/mol. The standard InChI is InChI=1S/C22H20N2O/c1-16-7-5-8-17(13-16)15-24-21-12-4-3-11-20(21)23-22(24)18-9-6-10-19(14-18)25-2/h3-14H,15H2,1-2H3. The summed E-state index contributed by atoms with van der Waals surface area (Å²) in [6, 6.07) is 25.0. The minimum Gasteiger partial charge on any atom is -0.497 e. The largest absolute Gasteiger partial charge is 0.497 e. The van der Waals surface area contributed by atoms with Gasteiger partial charge in [0.25, 0.3) is 0 Å².